The number of thioether (sulfide) groups is 1. The molecule has 0 fully saturated rings. The zero-order valence-corrected chi connectivity index (χ0v) is 9.30. The number of hydrogen-bond acceptors (Lipinski definition) is 2. The third kappa shape index (κ3) is 1.71. The van der Waals surface area contributed by atoms with Gasteiger partial charge < -0.3 is 4.79 Å². The summed E-state index contributed by atoms with van der Waals surface area (Å²) in [5.74, 6) is 0.0856. The second-order valence-corrected chi connectivity index (χ2v) is 6.10. The highest BCUT2D eigenvalue weighted by Gasteiger charge is 2.32. The van der Waals surface area contributed by atoms with Gasteiger partial charge in [-0.1, -0.05) is 32.0 Å². The van der Waals surface area contributed by atoms with E-state index in [2.05, 4.69) is 26.0 Å². The summed E-state index contributed by atoms with van der Waals surface area (Å²) in [5, 5.41) is 0. The minimum atomic E-state index is 0.0856. The summed E-state index contributed by atoms with van der Waals surface area (Å²) in [6, 6.07) is 8.22. The molecule has 2 heteroatoms. The molecule has 0 aromatic heterocycles. The standard InChI is InChI=1S/C12H14OS/c1-12(2)7-9(8-13)10-5-3-4-6-11(10)14-12/h3-6,8-9H,7H2,1-2H3. The topological polar surface area (TPSA) is 17.1 Å². The van der Waals surface area contributed by atoms with Crippen LogP contribution in [0.25, 0.3) is 0 Å². The first-order chi connectivity index (χ1) is 6.62. The molecule has 1 nitrogen and oxygen atoms in total. The summed E-state index contributed by atoms with van der Waals surface area (Å²) in [4.78, 5) is 12.3. The molecule has 14 heavy (non-hydrogen) atoms. The summed E-state index contributed by atoms with van der Waals surface area (Å²) < 4.78 is 0.180. The van der Waals surface area contributed by atoms with E-state index in [-0.39, 0.29) is 10.7 Å². The first-order valence-electron chi connectivity index (χ1n) is 4.86. The van der Waals surface area contributed by atoms with Gasteiger partial charge in [-0.25, -0.2) is 0 Å². The molecule has 1 aliphatic rings. The second-order valence-electron chi connectivity index (χ2n) is 4.35. The Kier molecular flexibility index (Phi) is 2.40. The van der Waals surface area contributed by atoms with Gasteiger partial charge in [0.25, 0.3) is 0 Å². The number of aldehydes is 1. The Morgan fingerprint density at radius 1 is 1.43 bits per heavy atom. The highest BCUT2D eigenvalue weighted by atomic mass is 32.2. The number of fused-ring (bicyclic) bond motifs is 1. The molecule has 0 aliphatic carbocycles. The van der Waals surface area contributed by atoms with Crippen molar-refractivity contribution in [1.82, 2.24) is 0 Å². The van der Waals surface area contributed by atoms with Crippen LogP contribution in [0.1, 0.15) is 31.7 Å². The minimum absolute atomic E-state index is 0.0856. The molecule has 0 saturated carbocycles. The largest absolute Gasteiger partial charge is 0.303 e. The fraction of sp³-hybridized carbons (Fsp3) is 0.417. The first-order valence-corrected chi connectivity index (χ1v) is 5.67. The zero-order chi connectivity index (χ0) is 10.2. The van der Waals surface area contributed by atoms with E-state index in [4.69, 9.17) is 0 Å². The van der Waals surface area contributed by atoms with Gasteiger partial charge in [0.2, 0.25) is 0 Å². The minimum Gasteiger partial charge on any atom is -0.303 e. The molecule has 0 bridgehead atoms. The monoisotopic (exact) mass is 206 g/mol. The average molecular weight is 206 g/mol. The van der Waals surface area contributed by atoms with E-state index in [1.165, 1.54) is 10.5 Å². The molecule has 1 aromatic rings. The molecule has 1 aliphatic heterocycles. The van der Waals surface area contributed by atoms with Gasteiger partial charge in [0.1, 0.15) is 6.29 Å². The molecule has 1 heterocycles. The molecular formula is C12H14OS. The van der Waals surface area contributed by atoms with Gasteiger partial charge in [0, 0.05) is 15.6 Å². The van der Waals surface area contributed by atoms with Crippen molar-refractivity contribution >= 4 is 18.0 Å². The Hall–Kier alpha value is -0.760. The molecular weight excluding hydrogens is 192 g/mol. The molecule has 1 atom stereocenters. The van der Waals surface area contributed by atoms with E-state index in [1.807, 2.05) is 23.9 Å². The normalized spacial score (nSPS) is 24.0. The predicted octanol–water partition coefficient (Wildman–Crippen LogP) is 3.24. The van der Waals surface area contributed by atoms with Gasteiger partial charge in [-0.15, -0.1) is 11.8 Å². The van der Waals surface area contributed by atoms with Crippen LogP contribution in [0.15, 0.2) is 29.2 Å². The van der Waals surface area contributed by atoms with Gasteiger partial charge in [-0.3, -0.25) is 0 Å². The highest BCUT2D eigenvalue weighted by Crippen LogP contribution is 2.47. The van der Waals surface area contributed by atoms with Crippen LogP contribution in [0, 0.1) is 0 Å². The third-order valence-corrected chi connectivity index (χ3v) is 3.89. The van der Waals surface area contributed by atoms with Gasteiger partial charge in [0.15, 0.2) is 0 Å². The molecule has 0 radical (unpaired) electrons. The van der Waals surface area contributed by atoms with E-state index in [0.29, 0.717) is 0 Å². The van der Waals surface area contributed by atoms with Crippen molar-refractivity contribution in [3.8, 4) is 0 Å². The maximum absolute atomic E-state index is 11.0. The van der Waals surface area contributed by atoms with E-state index in [9.17, 15) is 4.79 Å². The maximum Gasteiger partial charge on any atom is 0.127 e. The van der Waals surface area contributed by atoms with Gasteiger partial charge in [-0.05, 0) is 18.1 Å². The molecule has 1 aromatic carbocycles. The van der Waals surface area contributed by atoms with E-state index in [1.54, 1.807) is 0 Å². The van der Waals surface area contributed by atoms with E-state index < -0.39 is 0 Å². The predicted molar refractivity (Wildman–Crippen MR) is 59.8 cm³/mol. The number of benzene rings is 1. The first kappa shape index (κ1) is 9.78. The van der Waals surface area contributed by atoms with Crippen molar-refractivity contribution in [3.05, 3.63) is 29.8 Å². The van der Waals surface area contributed by atoms with Gasteiger partial charge >= 0.3 is 0 Å². The lowest BCUT2D eigenvalue weighted by Crippen LogP contribution is -2.24. The Morgan fingerprint density at radius 2 is 2.14 bits per heavy atom. The molecule has 0 spiro atoms. The Morgan fingerprint density at radius 3 is 2.86 bits per heavy atom. The quantitative estimate of drug-likeness (QED) is 0.656. The summed E-state index contributed by atoms with van der Waals surface area (Å²) in [5.41, 5.74) is 1.20. The Labute approximate surface area is 88.9 Å². The van der Waals surface area contributed by atoms with Crippen molar-refractivity contribution in [2.45, 2.75) is 35.8 Å². The van der Waals surface area contributed by atoms with E-state index in [0.717, 1.165) is 12.7 Å². The van der Waals surface area contributed by atoms with Crippen molar-refractivity contribution < 1.29 is 4.79 Å². The molecule has 2 rings (SSSR count). The smallest absolute Gasteiger partial charge is 0.127 e. The fourth-order valence-corrected chi connectivity index (χ4v) is 3.32. The number of carbonyl (C=O) groups is 1. The SMILES string of the molecule is CC1(C)CC(C=O)c2ccccc2S1. The van der Waals surface area contributed by atoms with Crippen molar-refractivity contribution in [1.29, 1.82) is 0 Å². The fourth-order valence-electron chi connectivity index (χ4n) is 1.98. The Balaban J connectivity index is 2.46. The summed E-state index contributed by atoms with van der Waals surface area (Å²) >= 11 is 1.87. The number of rotatable bonds is 1. The molecule has 74 valence electrons. The van der Waals surface area contributed by atoms with Crippen LogP contribution in [0.3, 0.4) is 0 Å². The summed E-state index contributed by atoms with van der Waals surface area (Å²) in [7, 11) is 0. The van der Waals surface area contributed by atoms with Gasteiger partial charge in [0.05, 0.1) is 0 Å². The molecule has 0 amide bonds. The van der Waals surface area contributed by atoms with Crippen molar-refractivity contribution in [2.24, 2.45) is 0 Å². The number of carbonyl (C=O) groups excluding carboxylic acids is 1. The van der Waals surface area contributed by atoms with Crippen LogP contribution >= 0.6 is 11.8 Å². The lowest BCUT2D eigenvalue weighted by Gasteiger charge is -2.33. The molecule has 0 saturated heterocycles. The third-order valence-electron chi connectivity index (χ3n) is 2.58. The average Bonchev–Trinajstić information content (AvgIpc) is 2.15. The van der Waals surface area contributed by atoms with Crippen LogP contribution < -0.4 is 0 Å². The highest BCUT2D eigenvalue weighted by molar-refractivity contribution is 8.00. The molecule has 0 N–H and O–H groups in total. The number of hydrogen-bond donors (Lipinski definition) is 0. The second kappa shape index (κ2) is 3.43. The van der Waals surface area contributed by atoms with Crippen LogP contribution in [0.4, 0.5) is 0 Å². The lowest BCUT2D eigenvalue weighted by atomic mass is 9.90. The lowest BCUT2D eigenvalue weighted by molar-refractivity contribution is -0.109. The Bertz CT molecular complexity index is 357. The van der Waals surface area contributed by atoms with Gasteiger partial charge in [-0.2, -0.15) is 0 Å². The molecule has 1 unspecified atom stereocenters. The van der Waals surface area contributed by atoms with Crippen LogP contribution in [-0.4, -0.2) is 11.0 Å². The van der Waals surface area contributed by atoms with Crippen molar-refractivity contribution in [3.63, 3.8) is 0 Å². The van der Waals surface area contributed by atoms with Crippen molar-refractivity contribution in [2.75, 3.05) is 0 Å². The van der Waals surface area contributed by atoms with Crippen LogP contribution in [-0.2, 0) is 4.79 Å². The van der Waals surface area contributed by atoms with Crippen LogP contribution in [0.2, 0.25) is 0 Å². The maximum atomic E-state index is 11.0. The van der Waals surface area contributed by atoms with E-state index >= 15 is 0 Å². The van der Waals surface area contributed by atoms with Crippen LogP contribution in [0.5, 0.6) is 0 Å². The summed E-state index contributed by atoms with van der Waals surface area (Å²) in [6.07, 6.45) is 2.03. The zero-order valence-electron chi connectivity index (χ0n) is 8.49. The summed E-state index contributed by atoms with van der Waals surface area (Å²) in [6.45, 7) is 4.40.